The minimum atomic E-state index is -0.0396. The van der Waals surface area contributed by atoms with Gasteiger partial charge in [-0.15, -0.1) is 0 Å². The summed E-state index contributed by atoms with van der Waals surface area (Å²) in [6, 6.07) is 1.73. The number of anilines is 1. The predicted molar refractivity (Wildman–Crippen MR) is 75.0 cm³/mol. The number of amides is 1. The highest BCUT2D eigenvalue weighted by molar-refractivity contribution is 5.93. The maximum atomic E-state index is 12.2. The second kappa shape index (κ2) is 5.65. The zero-order chi connectivity index (χ0) is 13.9. The highest BCUT2D eigenvalue weighted by Crippen LogP contribution is 2.48. The van der Waals surface area contributed by atoms with Gasteiger partial charge in [0, 0.05) is 33.0 Å². The molecule has 0 aliphatic heterocycles. The molecule has 1 saturated carbocycles. The maximum Gasteiger partial charge on any atom is 0.268 e. The summed E-state index contributed by atoms with van der Waals surface area (Å²) in [4.78, 5) is 12.2. The van der Waals surface area contributed by atoms with Crippen LogP contribution in [0.15, 0.2) is 12.3 Å². The molecule has 0 aromatic carbocycles. The first-order chi connectivity index (χ1) is 9.10. The smallest absolute Gasteiger partial charge is 0.268 e. The maximum absolute atomic E-state index is 12.2. The number of ether oxygens (including phenoxy) is 1. The Balaban J connectivity index is 1.91. The van der Waals surface area contributed by atoms with Gasteiger partial charge >= 0.3 is 0 Å². The summed E-state index contributed by atoms with van der Waals surface area (Å²) < 4.78 is 6.99. The van der Waals surface area contributed by atoms with Crippen LogP contribution in [-0.2, 0) is 11.3 Å². The lowest BCUT2D eigenvalue weighted by molar-refractivity contribution is 0.0929. The Bertz CT molecular complexity index is 450. The van der Waals surface area contributed by atoms with Crippen LogP contribution in [0.5, 0.6) is 0 Å². The average Bonchev–Trinajstić information content (AvgIpc) is 3.08. The predicted octanol–water partition coefficient (Wildman–Crippen LogP) is 1.64. The molecule has 5 heteroatoms. The van der Waals surface area contributed by atoms with E-state index in [0.717, 1.165) is 26.1 Å². The van der Waals surface area contributed by atoms with Crippen molar-refractivity contribution in [2.24, 2.45) is 5.41 Å². The lowest BCUT2D eigenvalue weighted by Gasteiger charge is -2.15. The third kappa shape index (κ3) is 3.29. The van der Waals surface area contributed by atoms with Crippen molar-refractivity contribution in [3.05, 3.63) is 18.0 Å². The van der Waals surface area contributed by atoms with Crippen LogP contribution in [0.3, 0.4) is 0 Å². The van der Waals surface area contributed by atoms with E-state index in [2.05, 4.69) is 5.32 Å². The SMILES string of the molecule is CCn1cc(N)cc1C(=O)NCC1(CCOC)CC1. The van der Waals surface area contributed by atoms with Crippen LogP contribution in [0, 0.1) is 5.41 Å². The number of hydrogen-bond donors (Lipinski definition) is 2. The fraction of sp³-hybridized carbons (Fsp3) is 0.643. The molecule has 1 fully saturated rings. The molecular weight excluding hydrogens is 242 g/mol. The molecule has 0 spiro atoms. The summed E-state index contributed by atoms with van der Waals surface area (Å²) in [5.74, 6) is -0.0396. The minimum Gasteiger partial charge on any atom is -0.397 e. The molecule has 0 bridgehead atoms. The first-order valence-corrected chi connectivity index (χ1v) is 6.83. The quantitative estimate of drug-likeness (QED) is 0.787. The van der Waals surface area contributed by atoms with Crippen molar-refractivity contribution in [3.8, 4) is 0 Å². The van der Waals surface area contributed by atoms with Crippen LogP contribution in [0.2, 0.25) is 0 Å². The van der Waals surface area contributed by atoms with Crippen molar-refractivity contribution < 1.29 is 9.53 Å². The molecule has 1 aromatic rings. The lowest BCUT2D eigenvalue weighted by Crippen LogP contribution is -2.32. The Morgan fingerprint density at radius 3 is 2.89 bits per heavy atom. The van der Waals surface area contributed by atoms with Gasteiger partial charge in [-0.25, -0.2) is 0 Å². The molecule has 1 aliphatic rings. The van der Waals surface area contributed by atoms with Crippen LogP contribution in [0.1, 0.15) is 36.7 Å². The van der Waals surface area contributed by atoms with E-state index in [1.54, 1.807) is 19.4 Å². The summed E-state index contributed by atoms with van der Waals surface area (Å²) in [7, 11) is 1.71. The molecule has 5 nitrogen and oxygen atoms in total. The minimum absolute atomic E-state index is 0.0396. The Morgan fingerprint density at radius 1 is 1.58 bits per heavy atom. The summed E-state index contributed by atoms with van der Waals surface area (Å²) in [6.07, 6.45) is 5.16. The van der Waals surface area contributed by atoms with Gasteiger partial charge in [0.2, 0.25) is 0 Å². The summed E-state index contributed by atoms with van der Waals surface area (Å²) >= 11 is 0. The first-order valence-electron chi connectivity index (χ1n) is 6.83. The van der Waals surface area contributed by atoms with Gasteiger partial charge in [-0.05, 0) is 37.7 Å². The average molecular weight is 265 g/mol. The van der Waals surface area contributed by atoms with Crippen molar-refractivity contribution in [1.29, 1.82) is 0 Å². The fourth-order valence-electron chi connectivity index (χ4n) is 2.35. The number of nitrogens with one attached hydrogen (secondary N) is 1. The Morgan fingerprint density at radius 2 is 2.32 bits per heavy atom. The molecule has 0 saturated heterocycles. The second-order valence-corrected chi connectivity index (χ2v) is 5.37. The monoisotopic (exact) mass is 265 g/mol. The number of aryl methyl sites for hydroxylation is 1. The molecule has 2 rings (SSSR count). The van der Waals surface area contributed by atoms with Crippen molar-refractivity contribution in [2.45, 2.75) is 32.7 Å². The van der Waals surface area contributed by atoms with Crippen LogP contribution >= 0.6 is 0 Å². The second-order valence-electron chi connectivity index (χ2n) is 5.37. The molecule has 0 unspecified atom stereocenters. The summed E-state index contributed by atoms with van der Waals surface area (Å²) in [5.41, 5.74) is 7.27. The first kappa shape index (κ1) is 13.9. The number of nitrogens with two attached hydrogens (primary N) is 1. The summed E-state index contributed by atoms with van der Waals surface area (Å²) in [5, 5.41) is 3.03. The standard InChI is InChI=1S/C14H23N3O2/c1-3-17-9-11(15)8-12(17)13(18)16-10-14(4-5-14)6-7-19-2/h8-9H,3-7,10,15H2,1-2H3,(H,16,18). The van der Waals surface area contributed by atoms with E-state index >= 15 is 0 Å². The van der Waals surface area contributed by atoms with Gasteiger partial charge in [0.25, 0.3) is 5.91 Å². The van der Waals surface area contributed by atoms with Crippen LogP contribution in [0.25, 0.3) is 0 Å². The third-order valence-corrected chi connectivity index (χ3v) is 3.91. The molecular formula is C14H23N3O2. The number of carbonyl (C=O) groups excluding carboxylic acids is 1. The topological polar surface area (TPSA) is 69.3 Å². The molecule has 1 aliphatic carbocycles. The van der Waals surface area contributed by atoms with Crippen molar-refractivity contribution in [2.75, 3.05) is 26.0 Å². The van der Waals surface area contributed by atoms with Gasteiger partial charge in [0.15, 0.2) is 0 Å². The number of nitrogen functional groups attached to an aromatic ring is 1. The van der Waals surface area contributed by atoms with Crippen LogP contribution in [-0.4, -0.2) is 30.7 Å². The molecule has 3 N–H and O–H groups in total. The normalized spacial score (nSPS) is 16.3. The van der Waals surface area contributed by atoms with Gasteiger partial charge in [-0.2, -0.15) is 0 Å². The Kier molecular flexibility index (Phi) is 4.14. The van der Waals surface area contributed by atoms with E-state index in [1.807, 2.05) is 11.5 Å². The number of carbonyl (C=O) groups is 1. The van der Waals surface area contributed by atoms with Gasteiger partial charge in [0.05, 0.1) is 5.69 Å². The number of hydrogen-bond acceptors (Lipinski definition) is 3. The van der Waals surface area contributed by atoms with Crippen molar-refractivity contribution in [1.82, 2.24) is 9.88 Å². The Labute approximate surface area is 114 Å². The third-order valence-electron chi connectivity index (χ3n) is 3.91. The van der Waals surface area contributed by atoms with E-state index in [9.17, 15) is 4.79 Å². The molecule has 106 valence electrons. The Hall–Kier alpha value is -1.49. The van der Waals surface area contributed by atoms with E-state index in [1.165, 1.54) is 12.8 Å². The number of rotatable bonds is 7. The highest BCUT2D eigenvalue weighted by Gasteiger charge is 2.42. The molecule has 1 amide bonds. The fourth-order valence-corrected chi connectivity index (χ4v) is 2.35. The van der Waals surface area contributed by atoms with Gasteiger partial charge in [-0.3, -0.25) is 4.79 Å². The molecule has 0 radical (unpaired) electrons. The van der Waals surface area contributed by atoms with E-state index in [-0.39, 0.29) is 11.3 Å². The van der Waals surface area contributed by atoms with Crippen molar-refractivity contribution in [3.63, 3.8) is 0 Å². The van der Waals surface area contributed by atoms with Crippen molar-refractivity contribution >= 4 is 11.6 Å². The zero-order valence-electron chi connectivity index (χ0n) is 11.7. The highest BCUT2D eigenvalue weighted by atomic mass is 16.5. The van der Waals surface area contributed by atoms with Gasteiger partial charge in [0.1, 0.15) is 5.69 Å². The van der Waals surface area contributed by atoms with E-state index in [0.29, 0.717) is 11.4 Å². The zero-order valence-corrected chi connectivity index (χ0v) is 11.7. The molecule has 19 heavy (non-hydrogen) atoms. The molecule has 0 atom stereocenters. The molecule has 1 aromatic heterocycles. The van der Waals surface area contributed by atoms with E-state index < -0.39 is 0 Å². The number of aromatic nitrogens is 1. The van der Waals surface area contributed by atoms with Crippen LogP contribution < -0.4 is 11.1 Å². The number of methoxy groups -OCH3 is 1. The largest absolute Gasteiger partial charge is 0.397 e. The summed E-state index contributed by atoms with van der Waals surface area (Å²) in [6.45, 7) is 4.23. The van der Waals surface area contributed by atoms with Crippen LogP contribution in [0.4, 0.5) is 5.69 Å². The number of nitrogens with zero attached hydrogens (tertiary/aromatic N) is 1. The van der Waals surface area contributed by atoms with Gasteiger partial charge < -0.3 is 20.4 Å². The van der Waals surface area contributed by atoms with E-state index in [4.69, 9.17) is 10.5 Å². The molecule has 1 heterocycles. The van der Waals surface area contributed by atoms with Gasteiger partial charge in [-0.1, -0.05) is 0 Å². The lowest BCUT2D eigenvalue weighted by atomic mass is 10.0.